The number of piperidine rings is 1. The summed E-state index contributed by atoms with van der Waals surface area (Å²) in [7, 11) is 1.48. The van der Waals surface area contributed by atoms with E-state index in [1.165, 1.54) is 32.4 Å². The summed E-state index contributed by atoms with van der Waals surface area (Å²) in [5.74, 6) is 0.672. The van der Waals surface area contributed by atoms with E-state index >= 15 is 0 Å². The van der Waals surface area contributed by atoms with Crippen molar-refractivity contribution >= 4 is 11.4 Å². The fourth-order valence-corrected chi connectivity index (χ4v) is 3.18. The highest BCUT2D eigenvalue weighted by Gasteiger charge is 2.38. The second kappa shape index (κ2) is 3.79. The third kappa shape index (κ3) is 1.63. The molecule has 2 bridgehead atoms. The molecule has 92 valence electrons. The lowest BCUT2D eigenvalue weighted by Crippen LogP contribution is -2.32. The minimum absolute atomic E-state index is 0.275. The van der Waals surface area contributed by atoms with Gasteiger partial charge in [-0.05, 0) is 25.2 Å². The van der Waals surface area contributed by atoms with Crippen LogP contribution in [-0.2, 0) is 0 Å². The fraction of sp³-hybridized carbons (Fsp3) is 0.538. The van der Waals surface area contributed by atoms with E-state index in [-0.39, 0.29) is 5.75 Å². The summed E-state index contributed by atoms with van der Waals surface area (Å²) in [4.78, 5) is 2.31. The highest BCUT2D eigenvalue weighted by Crippen LogP contribution is 2.43. The Kier molecular flexibility index (Phi) is 2.38. The maximum atomic E-state index is 13.5. The van der Waals surface area contributed by atoms with Gasteiger partial charge in [-0.25, -0.2) is 4.39 Å². The standard InChI is InChI=1S/C13H17FN2O/c1-17-13-6-12(11(15)5-10(13)14)16-7-8-2-3-9(16)4-8/h5-6,8-9H,2-4,7,15H2,1H3. The zero-order chi connectivity index (χ0) is 12.0. The summed E-state index contributed by atoms with van der Waals surface area (Å²) >= 11 is 0. The van der Waals surface area contributed by atoms with E-state index in [2.05, 4.69) is 4.90 Å². The number of halogens is 1. The lowest BCUT2D eigenvalue weighted by molar-refractivity contribution is 0.386. The third-order valence-electron chi connectivity index (χ3n) is 4.02. The van der Waals surface area contributed by atoms with Crippen molar-refractivity contribution in [2.75, 3.05) is 24.3 Å². The van der Waals surface area contributed by atoms with Crippen LogP contribution >= 0.6 is 0 Å². The molecule has 2 unspecified atom stereocenters. The third-order valence-corrected chi connectivity index (χ3v) is 4.02. The van der Waals surface area contributed by atoms with Gasteiger partial charge in [0.15, 0.2) is 11.6 Å². The first-order chi connectivity index (χ1) is 8.19. The molecule has 2 atom stereocenters. The zero-order valence-electron chi connectivity index (χ0n) is 9.95. The molecule has 1 heterocycles. The van der Waals surface area contributed by atoms with E-state index in [1.807, 2.05) is 0 Å². The van der Waals surface area contributed by atoms with E-state index in [0.29, 0.717) is 11.7 Å². The Morgan fingerprint density at radius 2 is 2.24 bits per heavy atom. The number of hydrogen-bond donors (Lipinski definition) is 1. The van der Waals surface area contributed by atoms with Crippen molar-refractivity contribution in [3.8, 4) is 5.75 Å². The quantitative estimate of drug-likeness (QED) is 0.801. The van der Waals surface area contributed by atoms with Crippen molar-refractivity contribution in [3.05, 3.63) is 17.9 Å². The van der Waals surface area contributed by atoms with Crippen molar-refractivity contribution in [3.63, 3.8) is 0 Å². The van der Waals surface area contributed by atoms with Gasteiger partial charge in [0, 0.05) is 24.7 Å². The van der Waals surface area contributed by atoms with Crippen molar-refractivity contribution in [1.82, 2.24) is 0 Å². The first-order valence-electron chi connectivity index (χ1n) is 6.08. The maximum absolute atomic E-state index is 13.5. The molecule has 1 aliphatic heterocycles. The van der Waals surface area contributed by atoms with Crippen LogP contribution in [0, 0.1) is 11.7 Å². The smallest absolute Gasteiger partial charge is 0.167 e. The number of hydrogen-bond acceptors (Lipinski definition) is 3. The minimum Gasteiger partial charge on any atom is -0.494 e. The van der Waals surface area contributed by atoms with Crippen molar-refractivity contribution in [1.29, 1.82) is 0 Å². The first-order valence-corrected chi connectivity index (χ1v) is 6.08. The van der Waals surface area contributed by atoms with Crippen molar-refractivity contribution < 1.29 is 9.13 Å². The Bertz CT molecular complexity index is 449. The summed E-state index contributed by atoms with van der Waals surface area (Å²) in [6, 6.07) is 3.67. The number of anilines is 2. The Hall–Kier alpha value is -1.45. The van der Waals surface area contributed by atoms with Crippen LogP contribution in [0.4, 0.5) is 15.8 Å². The van der Waals surface area contributed by atoms with E-state index in [1.54, 1.807) is 6.07 Å². The van der Waals surface area contributed by atoms with Crippen LogP contribution < -0.4 is 15.4 Å². The molecular weight excluding hydrogens is 219 g/mol. The molecule has 1 saturated carbocycles. The predicted octanol–water partition coefficient (Wildman–Crippen LogP) is 2.41. The number of nitrogens with zero attached hydrogens (tertiary/aromatic N) is 1. The van der Waals surface area contributed by atoms with Gasteiger partial charge < -0.3 is 15.4 Å². The van der Waals surface area contributed by atoms with Crippen LogP contribution in [0.5, 0.6) is 5.75 Å². The van der Waals surface area contributed by atoms with E-state index in [4.69, 9.17) is 10.5 Å². The first kappa shape index (κ1) is 10.7. The average Bonchev–Trinajstić information content (AvgIpc) is 2.91. The molecule has 1 saturated heterocycles. The molecule has 0 amide bonds. The number of benzene rings is 1. The van der Waals surface area contributed by atoms with Gasteiger partial charge in [0.1, 0.15) is 0 Å². The van der Waals surface area contributed by atoms with Crippen molar-refractivity contribution in [2.45, 2.75) is 25.3 Å². The lowest BCUT2D eigenvalue weighted by Gasteiger charge is -2.30. The molecular formula is C13H17FN2O. The van der Waals surface area contributed by atoms with E-state index in [9.17, 15) is 4.39 Å². The molecule has 1 aromatic carbocycles. The number of nitrogen functional groups attached to an aromatic ring is 1. The molecule has 0 radical (unpaired) electrons. The van der Waals surface area contributed by atoms with Crippen LogP contribution in [0.15, 0.2) is 12.1 Å². The van der Waals surface area contributed by atoms with Crippen LogP contribution in [0.1, 0.15) is 19.3 Å². The van der Waals surface area contributed by atoms with Gasteiger partial charge in [0.05, 0.1) is 18.5 Å². The number of methoxy groups -OCH3 is 1. The summed E-state index contributed by atoms with van der Waals surface area (Å²) < 4.78 is 18.5. The largest absolute Gasteiger partial charge is 0.494 e. The van der Waals surface area contributed by atoms with Crippen LogP contribution in [0.25, 0.3) is 0 Å². The predicted molar refractivity (Wildman–Crippen MR) is 65.8 cm³/mol. The molecule has 4 heteroatoms. The van der Waals surface area contributed by atoms with Gasteiger partial charge >= 0.3 is 0 Å². The summed E-state index contributed by atoms with van der Waals surface area (Å²) in [6.45, 7) is 1.05. The Labute approximate surface area is 100 Å². The normalized spacial score (nSPS) is 26.6. The number of nitrogens with two attached hydrogens (primary N) is 1. The molecule has 2 fully saturated rings. The van der Waals surface area contributed by atoms with Gasteiger partial charge in [-0.3, -0.25) is 0 Å². The molecule has 2 N–H and O–H groups in total. The Morgan fingerprint density at radius 3 is 2.82 bits per heavy atom. The van der Waals surface area contributed by atoms with Crippen molar-refractivity contribution in [2.24, 2.45) is 5.92 Å². The second-order valence-corrected chi connectivity index (χ2v) is 5.03. The number of fused-ring (bicyclic) bond motifs is 2. The molecule has 2 aliphatic rings. The molecule has 1 aromatic rings. The van der Waals surface area contributed by atoms with Gasteiger partial charge in [0.2, 0.25) is 0 Å². The summed E-state index contributed by atoms with van der Waals surface area (Å²) in [5, 5.41) is 0. The Morgan fingerprint density at radius 1 is 1.41 bits per heavy atom. The molecule has 0 aromatic heterocycles. The number of rotatable bonds is 2. The highest BCUT2D eigenvalue weighted by molar-refractivity contribution is 5.71. The van der Waals surface area contributed by atoms with E-state index in [0.717, 1.165) is 18.2 Å². The van der Waals surface area contributed by atoms with Crippen LogP contribution in [-0.4, -0.2) is 19.7 Å². The molecule has 1 aliphatic carbocycles. The maximum Gasteiger partial charge on any atom is 0.167 e. The molecule has 17 heavy (non-hydrogen) atoms. The average molecular weight is 236 g/mol. The highest BCUT2D eigenvalue weighted by atomic mass is 19.1. The number of ether oxygens (including phenoxy) is 1. The van der Waals surface area contributed by atoms with E-state index < -0.39 is 5.82 Å². The lowest BCUT2D eigenvalue weighted by atomic mass is 10.1. The Balaban J connectivity index is 1.97. The summed E-state index contributed by atoms with van der Waals surface area (Å²) in [6.07, 6.45) is 3.79. The van der Waals surface area contributed by atoms with Gasteiger partial charge in [-0.1, -0.05) is 0 Å². The van der Waals surface area contributed by atoms with Gasteiger partial charge in [-0.2, -0.15) is 0 Å². The monoisotopic (exact) mass is 236 g/mol. The van der Waals surface area contributed by atoms with Crippen LogP contribution in [0.2, 0.25) is 0 Å². The minimum atomic E-state index is -0.391. The molecule has 3 rings (SSSR count). The molecule has 3 nitrogen and oxygen atoms in total. The molecule has 0 spiro atoms. The SMILES string of the molecule is COc1cc(N2CC3CCC2C3)c(N)cc1F. The topological polar surface area (TPSA) is 38.5 Å². The van der Waals surface area contributed by atoms with Gasteiger partial charge in [0.25, 0.3) is 0 Å². The van der Waals surface area contributed by atoms with Gasteiger partial charge in [-0.15, -0.1) is 0 Å². The fourth-order valence-electron chi connectivity index (χ4n) is 3.18. The second-order valence-electron chi connectivity index (χ2n) is 5.03. The van der Waals surface area contributed by atoms with Crippen LogP contribution in [0.3, 0.4) is 0 Å². The summed E-state index contributed by atoms with van der Waals surface area (Å²) in [5.41, 5.74) is 7.36. The zero-order valence-corrected chi connectivity index (χ0v) is 9.95.